The minimum Gasteiger partial charge on any atom is -0.255 e. The summed E-state index contributed by atoms with van der Waals surface area (Å²) in [5, 5.41) is 9.18. The molecule has 2 heteroatoms. The molecule has 0 N–H and O–H groups in total. The Morgan fingerprint density at radius 1 is 0.512 bits per heavy atom. The second-order valence-corrected chi connectivity index (χ2v) is 10.5. The quantitative estimate of drug-likeness (QED) is 0.214. The molecular weight excluding hydrogens is 496 g/mol. The molecule has 0 spiro atoms. The molecule has 0 unspecified atom stereocenters. The molecule has 2 aromatic heterocycles. The molecule has 0 fully saturated rings. The molecule has 8 rings (SSSR count). The zero-order valence-corrected chi connectivity index (χ0v) is 22.4. The molecule has 0 amide bonds. The maximum atomic E-state index is 8.69. The molecule has 0 radical (unpaired) electrons. The molecule has 0 aliphatic rings. The maximum absolute atomic E-state index is 8.69. The smallest absolute Gasteiger partial charge is 0.0928 e. The monoisotopic (exact) mass is 526 g/mol. The molecule has 0 saturated heterocycles. The number of benzene rings is 6. The highest BCUT2D eigenvalue weighted by molar-refractivity contribution is 6.01. The third-order valence-corrected chi connectivity index (χ3v) is 7.98. The molecule has 192 valence electrons. The van der Waals surface area contributed by atoms with Crippen LogP contribution in [0.25, 0.3) is 76.9 Å². The minimum atomic E-state index is -0.360. The number of hydrogen-bond donors (Lipinski definition) is 0. The highest BCUT2D eigenvalue weighted by Crippen LogP contribution is 2.37. The van der Waals surface area contributed by atoms with Crippen molar-refractivity contribution in [2.24, 2.45) is 0 Å². The molecule has 0 atom stereocenters. The van der Waals surface area contributed by atoms with E-state index in [0.717, 1.165) is 49.2 Å². The number of nitrogens with zero attached hydrogens (tertiary/aromatic N) is 2. The van der Waals surface area contributed by atoms with E-state index in [1.54, 1.807) is 0 Å². The average Bonchev–Trinajstić information content (AvgIpc) is 3.06. The molecule has 2 heterocycles. The first kappa shape index (κ1) is 19.7. The summed E-state index contributed by atoms with van der Waals surface area (Å²) in [6, 6.07) is 39.3. The Kier molecular flexibility index (Phi) is 4.51. The van der Waals surface area contributed by atoms with Gasteiger partial charge in [0, 0.05) is 11.7 Å². The molecule has 0 saturated carbocycles. The summed E-state index contributed by atoms with van der Waals surface area (Å²) >= 11 is 0. The number of fused-ring (bicyclic) bond motifs is 4. The van der Waals surface area contributed by atoms with Gasteiger partial charge >= 0.3 is 0 Å². The lowest BCUT2D eigenvalue weighted by Gasteiger charge is -2.15. The Morgan fingerprint density at radius 3 is 1.68 bits per heavy atom. The van der Waals surface area contributed by atoms with Crippen LogP contribution in [0.3, 0.4) is 0 Å². The van der Waals surface area contributed by atoms with Crippen molar-refractivity contribution in [2.45, 2.75) is 6.92 Å². The first-order valence-corrected chi connectivity index (χ1v) is 13.7. The van der Waals surface area contributed by atoms with Crippen molar-refractivity contribution in [1.82, 2.24) is 9.97 Å². The molecule has 41 heavy (non-hydrogen) atoms. The molecule has 8 aromatic rings. The summed E-state index contributed by atoms with van der Waals surface area (Å²) in [6.07, 6.45) is -0.339. The van der Waals surface area contributed by atoms with Crippen LogP contribution in [0.1, 0.15) is 11.0 Å². The van der Waals surface area contributed by atoms with Crippen molar-refractivity contribution in [2.75, 3.05) is 0 Å². The van der Waals surface area contributed by atoms with Gasteiger partial charge in [-0.1, -0.05) is 78.8 Å². The standard InChI is InChI=1S/C39H26N2/c1-25-36(32-15-13-30-18-26-8-2-4-10-28(26)20-34(30)22-32)24-38(41-39(25)37-12-6-7-17-40-37)33-16-14-31-19-27-9-3-5-11-29(27)21-35(31)23-33/h2-24H,1H3/i6D,7D,12D,17D. The zero-order valence-electron chi connectivity index (χ0n) is 26.4. The second-order valence-electron chi connectivity index (χ2n) is 10.5. The summed E-state index contributed by atoms with van der Waals surface area (Å²) in [5.74, 6) is 0. The van der Waals surface area contributed by atoms with Crippen LogP contribution in [-0.4, -0.2) is 9.97 Å². The minimum absolute atomic E-state index is 0.139. The van der Waals surface area contributed by atoms with Gasteiger partial charge in [0.25, 0.3) is 0 Å². The van der Waals surface area contributed by atoms with Crippen LogP contribution >= 0.6 is 0 Å². The van der Waals surface area contributed by atoms with Gasteiger partial charge in [-0.05, 0) is 121 Å². The van der Waals surface area contributed by atoms with Gasteiger partial charge in [0.1, 0.15) is 0 Å². The summed E-state index contributed by atoms with van der Waals surface area (Å²) in [4.78, 5) is 9.34. The highest BCUT2D eigenvalue weighted by Gasteiger charge is 2.15. The van der Waals surface area contributed by atoms with Crippen molar-refractivity contribution in [3.8, 4) is 33.8 Å². The van der Waals surface area contributed by atoms with Gasteiger partial charge in [-0.15, -0.1) is 0 Å². The van der Waals surface area contributed by atoms with E-state index in [1.807, 2.05) is 31.2 Å². The summed E-state index contributed by atoms with van der Waals surface area (Å²) in [6.45, 7) is 1.95. The lowest BCUT2D eigenvalue weighted by Crippen LogP contribution is -1.97. The van der Waals surface area contributed by atoms with E-state index < -0.39 is 0 Å². The van der Waals surface area contributed by atoms with Gasteiger partial charge in [-0.25, -0.2) is 4.98 Å². The molecule has 6 aromatic carbocycles. The molecule has 0 aliphatic heterocycles. The van der Waals surface area contributed by atoms with Crippen molar-refractivity contribution >= 4 is 43.1 Å². The van der Waals surface area contributed by atoms with E-state index in [1.165, 1.54) is 16.2 Å². The predicted molar refractivity (Wildman–Crippen MR) is 173 cm³/mol. The Hall–Kier alpha value is -5.34. The fourth-order valence-electron chi connectivity index (χ4n) is 5.84. The van der Waals surface area contributed by atoms with Crippen LogP contribution in [0, 0.1) is 6.92 Å². The SMILES string of the molecule is [2H]c1nc(-c2nc(-c3ccc4cc5ccccc5cc4c3)cc(-c3ccc4cc5ccccc5cc4c3)c2C)c([2H])c([2H])c1[2H]. The maximum Gasteiger partial charge on any atom is 0.0928 e. The number of aromatic nitrogens is 2. The van der Waals surface area contributed by atoms with Gasteiger partial charge in [-0.2, -0.15) is 0 Å². The first-order chi connectivity index (χ1) is 21.8. The first-order valence-electron chi connectivity index (χ1n) is 15.7. The average molecular weight is 527 g/mol. The number of hydrogen-bond acceptors (Lipinski definition) is 2. The van der Waals surface area contributed by atoms with Gasteiger partial charge in [0.05, 0.1) is 22.6 Å². The van der Waals surface area contributed by atoms with E-state index >= 15 is 0 Å². The second kappa shape index (κ2) is 9.39. The summed E-state index contributed by atoms with van der Waals surface area (Å²) in [5.41, 5.74) is 4.90. The number of pyridine rings is 2. The summed E-state index contributed by atoms with van der Waals surface area (Å²) < 4.78 is 33.3. The Labute approximate surface area is 244 Å². The zero-order chi connectivity index (χ0) is 30.8. The third kappa shape index (κ3) is 4.13. The lowest BCUT2D eigenvalue weighted by molar-refractivity contribution is 1.22. The Morgan fingerprint density at radius 2 is 1.05 bits per heavy atom. The molecule has 0 bridgehead atoms. The van der Waals surface area contributed by atoms with Crippen LogP contribution in [-0.2, 0) is 0 Å². The van der Waals surface area contributed by atoms with Crippen LogP contribution < -0.4 is 0 Å². The number of rotatable bonds is 3. The van der Waals surface area contributed by atoms with E-state index in [0.29, 0.717) is 11.4 Å². The largest absolute Gasteiger partial charge is 0.255 e. The van der Waals surface area contributed by atoms with Crippen molar-refractivity contribution < 1.29 is 5.48 Å². The van der Waals surface area contributed by atoms with Crippen LogP contribution in [0.4, 0.5) is 0 Å². The van der Waals surface area contributed by atoms with Crippen LogP contribution in [0.15, 0.2) is 140 Å². The normalized spacial score (nSPS) is 12.9. The van der Waals surface area contributed by atoms with Crippen molar-refractivity contribution in [1.29, 1.82) is 0 Å². The van der Waals surface area contributed by atoms with Gasteiger partial charge in [-0.3, -0.25) is 4.98 Å². The fourth-order valence-corrected chi connectivity index (χ4v) is 5.84. The fraction of sp³-hybridized carbons (Fsp3) is 0.0256. The van der Waals surface area contributed by atoms with Gasteiger partial charge in [0.2, 0.25) is 0 Å². The van der Waals surface area contributed by atoms with Gasteiger partial charge in [0.15, 0.2) is 0 Å². The molecular formula is C39H26N2. The van der Waals surface area contributed by atoms with Crippen molar-refractivity contribution in [3.63, 3.8) is 0 Å². The Balaban J connectivity index is 1.38. The third-order valence-electron chi connectivity index (χ3n) is 7.98. The van der Waals surface area contributed by atoms with E-state index in [9.17, 15) is 0 Å². The molecule has 0 aliphatic carbocycles. The topological polar surface area (TPSA) is 25.8 Å². The highest BCUT2D eigenvalue weighted by atomic mass is 14.8. The van der Waals surface area contributed by atoms with E-state index in [2.05, 4.69) is 96.0 Å². The molecule has 2 nitrogen and oxygen atoms in total. The van der Waals surface area contributed by atoms with E-state index in [4.69, 9.17) is 10.5 Å². The van der Waals surface area contributed by atoms with Crippen molar-refractivity contribution in [3.05, 3.63) is 145 Å². The Bertz CT molecular complexity index is 2500. The predicted octanol–water partition coefficient (Wildman–Crippen LogP) is 10.4. The lowest BCUT2D eigenvalue weighted by atomic mass is 9.93. The van der Waals surface area contributed by atoms with E-state index in [-0.39, 0.29) is 30.0 Å². The van der Waals surface area contributed by atoms with Gasteiger partial charge < -0.3 is 0 Å². The summed E-state index contributed by atoms with van der Waals surface area (Å²) in [7, 11) is 0. The van der Waals surface area contributed by atoms with Crippen LogP contribution in [0.2, 0.25) is 0 Å². The van der Waals surface area contributed by atoms with Crippen LogP contribution in [0.5, 0.6) is 0 Å².